The van der Waals surface area contributed by atoms with Gasteiger partial charge in [-0.3, -0.25) is 4.99 Å². The summed E-state index contributed by atoms with van der Waals surface area (Å²) in [6.45, 7) is 2.72. The molecule has 0 aromatic heterocycles. The van der Waals surface area contributed by atoms with E-state index in [1.807, 2.05) is 42.5 Å². The fourth-order valence-electron chi connectivity index (χ4n) is 1.74. The lowest BCUT2D eigenvalue weighted by molar-refractivity contribution is 0.317. The molecular weight excluding hydrogens is 286 g/mol. The van der Waals surface area contributed by atoms with Crippen LogP contribution in [0.25, 0.3) is 0 Å². The van der Waals surface area contributed by atoms with Gasteiger partial charge in [-0.2, -0.15) is 0 Å². The Labute approximate surface area is 130 Å². The smallest absolute Gasteiger partial charge is 0.137 e. The molecule has 0 amide bonds. The third kappa shape index (κ3) is 4.50. The van der Waals surface area contributed by atoms with Crippen molar-refractivity contribution in [3.8, 4) is 11.5 Å². The molecule has 2 rings (SSSR count). The van der Waals surface area contributed by atoms with E-state index in [0.29, 0.717) is 17.4 Å². The summed E-state index contributed by atoms with van der Waals surface area (Å²) in [6.07, 6.45) is 2.73. The summed E-state index contributed by atoms with van der Waals surface area (Å²) in [5.74, 6) is 1.52. The quantitative estimate of drug-likeness (QED) is 0.711. The van der Waals surface area contributed by atoms with Crippen LogP contribution in [0, 0.1) is 0 Å². The molecule has 0 heterocycles. The predicted molar refractivity (Wildman–Crippen MR) is 87.5 cm³/mol. The first-order valence-corrected chi connectivity index (χ1v) is 7.21. The lowest BCUT2D eigenvalue weighted by Gasteiger charge is -2.06. The van der Waals surface area contributed by atoms with Crippen molar-refractivity contribution in [3.63, 3.8) is 0 Å². The average Bonchev–Trinajstić information content (AvgIpc) is 2.52. The van der Waals surface area contributed by atoms with Crippen LogP contribution < -0.4 is 9.47 Å². The first-order valence-electron chi connectivity index (χ1n) is 6.83. The molecule has 3 nitrogen and oxygen atoms in total. The SMILES string of the molecule is CCCOc1ccc(C=Nc2ccc(OC)cc2)cc1Cl. The van der Waals surface area contributed by atoms with Crippen molar-refractivity contribution in [2.75, 3.05) is 13.7 Å². The maximum atomic E-state index is 6.18. The number of benzene rings is 2. The molecule has 21 heavy (non-hydrogen) atoms. The summed E-state index contributed by atoms with van der Waals surface area (Å²) in [6, 6.07) is 13.2. The van der Waals surface area contributed by atoms with Crippen molar-refractivity contribution in [3.05, 3.63) is 53.1 Å². The van der Waals surface area contributed by atoms with Crippen LogP contribution in [0.15, 0.2) is 47.5 Å². The van der Waals surface area contributed by atoms with E-state index in [1.54, 1.807) is 13.3 Å². The maximum absolute atomic E-state index is 6.18. The van der Waals surface area contributed by atoms with E-state index in [4.69, 9.17) is 21.1 Å². The lowest BCUT2D eigenvalue weighted by atomic mass is 10.2. The first kappa shape index (κ1) is 15.4. The summed E-state index contributed by atoms with van der Waals surface area (Å²) in [5.41, 5.74) is 1.79. The van der Waals surface area contributed by atoms with Gasteiger partial charge in [0.25, 0.3) is 0 Å². The second-order valence-electron chi connectivity index (χ2n) is 4.49. The highest BCUT2D eigenvalue weighted by atomic mass is 35.5. The van der Waals surface area contributed by atoms with E-state index in [2.05, 4.69) is 11.9 Å². The summed E-state index contributed by atoms with van der Waals surface area (Å²) in [4.78, 5) is 4.40. The Bertz CT molecular complexity index is 609. The summed E-state index contributed by atoms with van der Waals surface area (Å²) in [5, 5.41) is 0.599. The number of hydrogen-bond donors (Lipinski definition) is 0. The first-order chi connectivity index (χ1) is 10.2. The fraction of sp³-hybridized carbons (Fsp3) is 0.235. The summed E-state index contributed by atoms with van der Waals surface area (Å²) in [7, 11) is 1.64. The molecular formula is C17H18ClNO2. The van der Waals surface area contributed by atoms with Crippen LogP contribution in [0.3, 0.4) is 0 Å². The topological polar surface area (TPSA) is 30.8 Å². The van der Waals surface area contributed by atoms with Crippen molar-refractivity contribution in [2.24, 2.45) is 4.99 Å². The van der Waals surface area contributed by atoms with Crippen LogP contribution in [0.2, 0.25) is 5.02 Å². The van der Waals surface area contributed by atoms with Gasteiger partial charge >= 0.3 is 0 Å². The van der Waals surface area contributed by atoms with Crippen molar-refractivity contribution < 1.29 is 9.47 Å². The zero-order chi connectivity index (χ0) is 15.1. The van der Waals surface area contributed by atoms with E-state index < -0.39 is 0 Å². The Kier molecular flexibility index (Phi) is 5.64. The van der Waals surface area contributed by atoms with Crippen LogP contribution in [0.1, 0.15) is 18.9 Å². The molecule has 0 radical (unpaired) electrons. The molecule has 0 unspecified atom stereocenters. The molecule has 2 aromatic carbocycles. The minimum atomic E-state index is 0.599. The molecule has 2 aromatic rings. The summed E-state index contributed by atoms with van der Waals surface area (Å²) >= 11 is 6.18. The van der Waals surface area contributed by atoms with Gasteiger partial charge < -0.3 is 9.47 Å². The van der Waals surface area contributed by atoms with Gasteiger partial charge in [-0.15, -0.1) is 0 Å². The second-order valence-corrected chi connectivity index (χ2v) is 4.90. The third-order valence-electron chi connectivity index (χ3n) is 2.85. The lowest BCUT2D eigenvalue weighted by Crippen LogP contribution is -1.96. The zero-order valence-electron chi connectivity index (χ0n) is 12.2. The van der Waals surface area contributed by atoms with Crippen LogP contribution in [0.5, 0.6) is 11.5 Å². The number of methoxy groups -OCH3 is 1. The van der Waals surface area contributed by atoms with Gasteiger partial charge in [-0.25, -0.2) is 0 Å². The Morgan fingerprint density at radius 1 is 1.14 bits per heavy atom. The largest absolute Gasteiger partial charge is 0.497 e. The van der Waals surface area contributed by atoms with Gasteiger partial charge in [0.15, 0.2) is 0 Å². The molecule has 0 bridgehead atoms. The van der Waals surface area contributed by atoms with Gasteiger partial charge in [0.1, 0.15) is 11.5 Å². The highest BCUT2D eigenvalue weighted by molar-refractivity contribution is 6.32. The third-order valence-corrected chi connectivity index (χ3v) is 3.15. The van der Waals surface area contributed by atoms with E-state index in [1.165, 1.54) is 0 Å². The Hall–Kier alpha value is -2.00. The normalized spacial score (nSPS) is 10.8. The van der Waals surface area contributed by atoms with Crippen LogP contribution in [0.4, 0.5) is 5.69 Å². The highest BCUT2D eigenvalue weighted by Crippen LogP contribution is 2.25. The van der Waals surface area contributed by atoms with Gasteiger partial charge in [0.05, 0.1) is 24.4 Å². The zero-order valence-corrected chi connectivity index (χ0v) is 12.9. The standard InChI is InChI=1S/C17H18ClNO2/c1-3-10-21-17-9-4-13(11-16(17)18)12-19-14-5-7-15(20-2)8-6-14/h4-9,11-12H,3,10H2,1-2H3. The molecule has 0 fully saturated rings. The molecule has 0 saturated heterocycles. The summed E-state index contributed by atoms with van der Waals surface area (Å²) < 4.78 is 10.6. The van der Waals surface area contributed by atoms with Crippen molar-refractivity contribution >= 4 is 23.5 Å². The molecule has 0 N–H and O–H groups in total. The van der Waals surface area contributed by atoms with Crippen molar-refractivity contribution in [1.29, 1.82) is 0 Å². The van der Waals surface area contributed by atoms with Crippen LogP contribution in [-0.4, -0.2) is 19.9 Å². The molecule has 0 saturated carbocycles. The molecule has 0 spiro atoms. The number of nitrogens with zero attached hydrogens (tertiary/aromatic N) is 1. The monoisotopic (exact) mass is 303 g/mol. The second kappa shape index (κ2) is 7.70. The minimum Gasteiger partial charge on any atom is -0.497 e. The molecule has 0 atom stereocenters. The van der Waals surface area contributed by atoms with Gasteiger partial charge in [0.2, 0.25) is 0 Å². The predicted octanol–water partition coefficient (Wildman–Crippen LogP) is 4.89. The van der Waals surface area contributed by atoms with Crippen LogP contribution in [-0.2, 0) is 0 Å². The highest BCUT2D eigenvalue weighted by Gasteiger charge is 2.01. The molecule has 0 aliphatic carbocycles. The number of hydrogen-bond acceptors (Lipinski definition) is 3. The number of ether oxygens (including phenoxy) is 2. The number of rotatable bonds is 6. The van der Waals surface area contributed by atoms with Crippen molar-refractivity contribution in [1.82, 2.24) is 0 Å². The number of halogens is 1. The molecule has 0 aliphatic heterocycles. The minimum absolute atomic E-state index is 0.599. The van der Waals surface area contributed by atoms with Gasteiger partial charge in [0, 0.05) is 6.21 Å². The number of aliphatic imine (C=N–C) groups is 1. The maximum Gasteiger partial charge on any atom is 0.137 e. The average molecular weight is 304 g/mol. The van der Waals surface area contributed by atoms with E-state index in [9.17, 15) is 0 Å². The van der Waals surface area contributed by atoms with E-state index in [0.717, 1.165) is 23.4 Å². The Morgan fingerprint density at radius 2 is 1.90 bits per heavy atom. The molecule has 0 aliphatic rings. The molecule has 4 heteroatoms. The molecule has 110 valence electrons. The fourth-order valence-corrected chi connectivity index (χ4v) is 1.99. The van der Waals surface area contributed by atoms with Gasteiger partial charge in [-0.05, 0) is 54.4 Å². The van der Waals surface area contributed by atoms with Gasteiger partial charge in [-0.1, -0.05) is 18.5 Å². The Morgan fingerprint density at radius 3 is 2.52 bits per heavy atom. The van der Waals surface area contributed by atoms with Crippen LogP contribution >= 0.6 is 11.6 Å². The Balaban J connectivity index is 2.07. The van der Waals surface area contributed by atoms with E-state index in [-0.39, 0.29) is 0 Å². The van der Waals surface area contributed by atoms with Crippen molar-refractivity contribution in [2.45, 2.75) is 13.3 Å². The van der Waals surface area contributed by atoms with E-state index >= 15 is 0 Å².